The first-order valence-corrected chi connectivity index (χ1v) is 10.9. The number of alkyl halides is 6. The van der Waals surface area contributed by atoms with E-state index in [1.54, 1.807) is 0 Å². The Hall–Kier alpha value is -3.20. The van der Waals surface area contributed by atoms with Gasteiger partial charge in [0.1, 0.15) is 5.54 Å². The number of carboxylic acid groups (broad SMARTS) is 2. The molecule has 15 heteroatoms. The van der Waals surface area contributed by atoms with Crippen LogP contribution in [0.25, 0.3) is 0 Å². The average Bonchev–Trinajstić information content (AvgIpc) is 2.81. The van der Waals surface area contributed by atoms with Gasteiger partial charge in [0.2, 0.25) is 5.91 Å². The quantitative estimate of drug-likeness (QED) is 0.441. The molecular weight excluding hydrogens is 514 g/mol. The SMILES string of the molecule is C=CCN1CCN(C)C2(CCN(Cc3ccccn3)CC2)C1=O.O=C(O)C(F)(F)F.O=C(O)C(F)(F)F. The molecule has 3 heterocycles. The normalized spacial score (nSPS) is 18.2. The summed E-state index contributed by atoms with van der Waals surface area (Å²) in [4.78, 5) is 41.8. The highest BCUT2D eigenvalue weighted by Gasteiger charge is 2.48. The van der Waals surface area contributed by atoms with Gasteiger partial charge in [0.25, 0.3) is 0 Å². The molecule has 9 nitrogen and oxygen atoms in total. The number of nitrogens with zero attached hydrogens (tertiary/aromatic N) is 4. The number of pyridine rings is 1. The number of carbonyl (C=O) groups excluding carboxylic acids is 1. The number of likely N-dealkylation sites (tertiary alicyclic amines) is 1. The summed E-state index contributed by atoms with van der Waals surface area (Å²) in [7, 11) is 2.09. The van der Waals surface area contributed by atoms with Gasteiger partial charge in [-0.3, -0.25) is 19.6 Å². The largest absolute Gasteiger partial charge is 0.490 e. The number of hydrogen-bond donors (Lipinski definition) is 2. The number of carbonyl (C=O) groups is 3. The molecule has 2 aliphatic rings. The predicted molar refractivity (Wildman–Crippen MR) is 118 cm³/mol. The van der Waals surface area contributed by atoms with Gasteiger partial charge in [-0.2, -0.15) is 26.3 Å². The van der Waals surface area contributed by atoms with Gasteiger partial charge in [-0.05, 0) is 32.0 Å². The summed E-state index contributed by atoms with van der Waals surface area (Å²) >= 11 is 0. The van der Waals surface area contributed by atoms with Gasteiger partial charge < -0.3 is 15.1 Å². The fraction of sp³-hybridized carbons (Fsp3) is 0.545. The van der Waals surface area contributed by atoms with Crippen LogP contribution in [-0.2, 0) is 20.9 Å². The second-order valence-electron chi connectivity index (χ2n) is 8.20. The molecule has 2 aliphatic heterocycles. The highest BCUT2D eigenvalue weighted by atomic mass is 19.4. The first-order chi connectivity index (χ1) is 17.0. The Bertz CT molecular complexity index is 894. The molecule has 0 unspecified atom stereocenters. The van der Waals surface area contributed by atoms with Crippen molar-refractivity contribution in [3.8, 4) is 0 Å². The smallest absolute Gasteiger partial charge is 0.475 e. The molecule has 0 aromatic carbocycles. The predicted octanol–water partition coefficient (Wildman–Crippen LogP) is 2.64. The Morgan fingerprint density at radius 2 is 1.54 bits per heavy atom. The molecule has 0 atom stereocenters. The molecule has 37 heavy (non-hydrogen) atoms. The summed E-state index contributed by atoms with van der Waals surface area (Å²) in [6, 6.07) is 6.03. The molecule has 1 amide bonds. The van der Waals surface area contributed by atoms with Crippen molar-refractivity contribution in [3.63, 3.8) is 0 Å². The van der Waals surface area contributed by atoms with E-state index in [0.717, 1.165) is 51.3 Å². The zero-order chi connectivity index (χ0) is 28.4. The Balaban J connectivity index is 0.000000404. The van der Waals surface area contributed by atoms with E-state index >= 15 is 0 Å². The molecule has 0 aliphatic carbocycles. The third kappa shape index (κ3) is 9.64. The third-order valence-electron chi connectivity index (χ3n) is 5.75. The van der Waals surface area contributed by atoms with Crippen LogP contribution < -0.4 is 0 Å². The molecule has 2 N–H and O–H groups in total. The maximum Gasteiger partial charge on any atom is 0.490 e. The van der Waals surface area contributed by atoms with Crippen LogP contribution in [0.15, 0.2) is 37.1 Å². The van der Waals surface area contributed by atoms with Gasteiger partial charge >= 0.3 is 24.3 Å². The number of piperidine rings is 1. The standard InChI is InChI=1S/C18H26N4O.2C2HF3O2/c1-3-10-22-14-13-20(2)18(17(22)23)7-11-21(12-8-18)15-16-6-4-5-9-19-16;2*3-2(4,5)1(6)7/h3-6,9H,1,7-8,10-15H2,2H3;2*(H,6,7). The van der Waals surface area contributed by atoms with Gasteiger partial charge in [-0.15, -0.1) is 6.58 Å². The second kappa shape index (κ2) is 13.4. The van der Waals surface area contributed by atoms with E-state index in [0.29, 0.717) is 6.54 Å². The molecule has 2 fully saturated rings. The molecule has 2 saturated heterocycles. The van der Waals surface area contributed by atoms with Gasteiger partial charge in [0.05, 0.1) is 5.69 Å². The molecule has 0 radical (unpaired) electrons. The molecule has 3 rings (SSSR count). The van der Waals surface area contributed by atoms with Crippen LogP contribution in [0.3, 0.4) is 0 Å². The molecule has 0 saturated carbocycles. The fourth-order valence-electron chi connectivity index (χ4n) is 3.77. The van der Waals surface area contributed by atoms with E-state index in [9.17, 15) is 31.1 Å². The minimum atomic E-state index is -5.08. The minimum Gasteiger partial charge on any atom is -0.475 e. The lowest BCUT2D eigenvalue weighted by atomic mass is 9.82. The minimum absolute atomic E-state index is 0.281. The molecular formula is C22H28F6N4O5. The molecule has 1 spiro atoms. The Morgan fingerprint density at radius 3 is 1.95 bits per heavy atom. The number of likely N-dealkylation sites (N-methyl/N-ethyl adjacent to an activating group) is 1. The topological polar surface area (TPSA) is 114 Å². The number of hydrogen-bond acceptors (Lipinski definition) is 6. The van der Waals surface area contributed by atoms with E-state index in [4.69, 9.17) is 19.8 Å². The third-order valence-corrected chi connectivity index (χ3v) is 5.75. The van der Waals surface area contributed by atoms with Crippen LogP contribution in [0, 0.1) is 0 Å². The van der Waals surface area contributed by atoms with Gasteiger partial charge in [0.15, 0.2) is 0 Å². The molecule has 0 bridgehead atoms. The first kappa shape index (κ1) is 31.8. The van der Waals surface area contributed by atoms with Crippen molar-refractivity contribution in [3.05, 3.63) is 42.7 Å². The van der Waals surface area contributed by atoms with Crippen molar-refractivity contribution in [1.29, 1.82) is 0 Å². The van der Waals surface area contributed by atoms with E-state index in [2.05, 4.69) is 34.5 Å². The average molecular weight is 542 g/mol. The summed E-state index contributed by atoms with van der Waals surface area (Å²) in [5, 5.41) is 14.2. The van der Waals surface area contributed by atoms with E-state index in [1.807, 2.05) is 29.3 Å². The van der Waals surface area contributed by atoms with Crippen LogP contribution in [0.2, 0.25) is 0 Å². The first-order valence-electron chi connectivity index (χ1n) is 10.9. The number of piperazine rings is 1. The molecule has 208 valence electrons. The van der Waals surface area contributed by atoms with Crippen molar-refractivity contribution < 1.29 is 50.9 Å². The van der Waals surface area contributed by atoms with Crippen molar-refractivity contribution >= 4 is 17.8 Å². The maximum atomic E-state index is 13.0. The van der Waals surface area contributed by atoms with E-state index in [1.165, 1.54) is 0 Å². The number of carboxylic acids is 2. The zero-order valence-corrected chi connectivity index (χ0v) is 19.9. The zero-order valence-electron chi connectivity index (χ0n) is 19.9. The number of amides is 1. The van der Waals surface area contributed by atoms with Gasteiger partial charge in [-0.1, -0.05) is 12.1 Å². The van der Waals surface area contributed by atoms with Crippen LogP contribution in [0.4, 0.5) is 26.3 Å². The highest BCUT2D eigenvalue weighted by molar-refractivity contribution is 5.87. The Labute approximate surface area is 209 Å². The van der Waals surface area contributed by atoms with Gasteiger partial charge in [-0.25, -0.2) is 9.59 Å². The number of aliphatic carboxylic acids is 2. The van der Waals surface area contributed by atoms with Crippen molar-refractivity contribution in [2.45, 2.75) is 37.3 Å². The second-order valence-corrected chi connectivity index (χ2v) is 8.20. The summed E-state index contributed by atoms with van der Waals surface area (Å²) in [6.07, 6.45) is -4.72. The number of halogens is 6. The van der Waals surface area contributed by atoms with Crippen LogP contribution in [-0.4, -0.2) is 105 Å². The lowest BCUT2D eigenvalue weighted by Gasteiger charge is -2.51. The fourth-order valence-corrected chi connectivity index (χ4v) is 3.77. The van der Waals surface area contributed by atoms with Crippen molar-refractivity contribution in [2.75, 3.05) is 39.8 Å². The van der Waals surface area contributed by atoms with Crippen molar-refractivity contribution in [1.82, 2.24) is 19.7 Å². The lowest BCUT2D eigenvalue weighted by Crippen LogP contribution is -2.67. The number of rotatable bonds is 4. The summed E-state index contributed by atoms with van der Waals surface area (Å²) in [5.74, 6) is -5.23. The van der Waals surface area contributed by atoms with Crippen molar-refractivity contribution in [2.24, 2.45) is 0 Å². The van der Waals surface area contributed by atoms with Gasteiger partial charge in [0, 0.05) is 45.5 Å². The number of aromatic nitrogens is 1. The summed E-state index contributed by atoms with van der Waals surface area (Å²) in [5.41, 5.74) is 0.780. The molecule has 1 aromatic heterocycles. The van der Waals surface area contributed by atoms with Crippen LogP contribution in [0.5, 0.6) is 0 Å². The Morgan fingerprint density at radius 1 is 1.03 bits per heavy atom. The van der Waals surface area contributed by atoms with Crippen LogP contribution >= 0.6 is 0 Å². The van der Waals surface area contributed by atoms with Crippen LogP contribution in [0.1, 0.15) is 18.5 Å². The van der Waals surface area contributed by atoms with E-state index in [-0.39, 0.29) is 11.4 Å². The van der Waals surface area contributed by atoms with E-state index < -0.39 is 24.3 Å². The summed E-state index contributed by atoms with van der Waals surface area (Å²) in [6.45, 7) is 8.93. The summed E-state index contributed by atoms with van der Waals surface area (Å²) < 4.78 is 63.5. The maximum absolute atomic E-state index is 13.0. The highest BCUT2D eigenvalue weighted by Crippen LogP contribution is 2.33. The Kier molecular flexibility index (Phi) is 11.5. The lowest BCUT2D eigenvalue weighted by molar-refractivity contribution is -0.193. The monoisotopic (exact) mass is 542 g/mol. The molecule has 1 aromatic rings.